The fraction of sp³-hybridized carbons (Fsp3) is 0.235. The highest BCUT2D eigenvalue weighted by Crippen LogP contribution is 2.33. The summed E-state index contributed by atoms with van der Waals surface area (Å²) in [5.74, 6) is 0.190. The molecule has 1 aliphatic heterocycles. The van der Waals surface area contributed by atoms with E-state index >= 15 is 0 Å². The van der Waals surface area contributed by atoms with Crippen LogP contribution in [-0.4, -0.2) is 22.7 Å². The lowest BCUT2D eigenvalue weighted by Crippen LogP contribution is -2.40. The van der Waals surface area contributed by atoms with Gasteiger partial charge in [0.1, 0.15) is 11.9 Å². The van der Waals surface area contributed by atoms with Gasteiger partial charge in [-0.1, -0.05) is 12.1 Å². The molecule has 22 heavy (non-hydrogen) atoms. The van der Waals surface area contributed by atoms with Crippen molar-refractivity contribution in [1.82, 2.24) is 10.3 Å². The van der Waals surface area contributed by atoms with Gasteiger partial charge in [-0.25, -0.2) is 0 Å². The molecule has 1 N–H and O–H groups in total. The summed E-state index contributed by atoms with van der Waals surface area (Å²) in [5.41, 5.74) is 1.42. The third kappa shape index (κ3) is 2.83. The van der Waals surface area contributed by atoms with Crippen molar-refractivity contribution >= 4 is 11.7 Å². The zero-order chi connectivity index (χ0) is 15.5. The van der Waals surface area contributed by atoms with Gasteiger partial charge in [-0.3, -0.25) is 14.6 Å². The van der Waals surface area contributed by atoms with Gasteiger partial charge in [0.2, 0.25) is 5.91 Å². The molecule has 112 valence electrons. The van der Waals surface area contributed by atoms with Gasteiger partial charge in [0, 0.05) is 25.7 Å². The van der Waals surface area contributed by atoms with Crippen molar-refractivity contribution in [3.05, 3.63) is 59.9 Å². The molecule has 5 heteroatoms. The average molecular weight is 296 g/mol. The van der Waals surface area contributed by atoms with E-state index in [1.165, 1.54) is 6.92 Å². The third-order valence-corrected chi connectivity index (χ3v) is 3.64. The maximum Gasteiger partial charge on any atom is 0.217 e. The van der Waals surface area contributed by atoms with Crippen molar-refractivity contribution in [3.8, 4) is 5.75 Å². The number of fused-ring (bicyclic) bond motifs is 1. The molecule has 0 radical (unpaired) electrons. The van der Waals surface area contributed by atoms with E-state index in [9.17, 15) is 9.59 Å². The molecule has 0 spiro atoms. The Hall–Kier alpha value is -2.69. The number of nitrogens with one attached hydrogen (secondary N) is 1. The predicted octanol–water partition coefficient (Wildman–Crippen LogP) is 2.29. The molecule has 1 amide bonds. The van der Waals surface area contributed by atoms with E-state index in [1.54, 1.807) is 30.6 Å². The van der Waals surface area contributed by atoms with E-state index in [0.717, 1.165) is 5.56 Å². The average Bonchev–Trinajstić information content (AvgIpc) is 2.66. The second-order valence-electron chi connectivity index (χ2n) is 5.24. The lowest BCUT2D eigenvalue weighted by atomic mass is 9.97. The van der Waals surface area contributed by atoms with Crippen LogP contribution in [0, 0.1) is 0 Å². The summed E-state index contributed by atoms with van der Waals surface area (Å²) in [6, 6.07) is 10.2. The second-order valence-corrected chi connectivity index (χ2v) is 5.24. The van der Waals surface area contributed by atoms with Crippen LogP contribution < -0.4 is 10.1 Å². The topological polar surface area (TPSA) is 68.3 Å². The van der Waals surface area contributed by atoms with Crippen LogP contribution >= 0.6 is 0 Å². The Labute approximate surface area is 128 Å². The number of aromatic nitrogens is 1. The van der Waals surface area contributed by atoms with E-state index in [0.29, 0.717) is 17.7 Å². The van der Waals surface area contributed by atoms with Crippen LogP contribution in [0.25, 0.3) is 0 Å². The Balaban J connectivity index is 2.01. The van der Waals surface area contributed by atoms with Crippen molar-refractivity contribution in [3.63, 3.8) is 0 Å². The van der Waals surface area contributed by atoms with Gasteiger partial charge in [-0.15, -0.1) is 0 Å². The fourth-order valence-corrected chi connectivity index (χ4v) is 2.64. The molecular formula is C17H16N2O3. The minimum atomic E-state index is -0.598. The van der Waals surface area contributed by atoms with Crippen molar-refractivity contribution in [1.29, 1.82) is 0 Å². The summed E-state index contributed by atoms with van der Waals surface area (Å²) in [6.45, 7) is 1.41. The standard InChI is InChI=1S/C17H16N2O3/c1-11(20)19-14-10-16(12-6-8-18-9-7-12)22-15-5-3-2-4-13(15)17(14)21/h2-9,14,16H,10H2,1H3,(H,19,20). The summed E-state index contributed by atoms with van der Waals surface area (Å²) >= 11 is 0. The quantitative estimate of drug-likeness (QED) is 0.923. The zero-order valence-corrected chi connectivity index (χ0v) is 12.2. The number of ketones is 1. The van der Waals surface area contributed by atoms with Gasteiger partial charge in [-0.2, -0.15) is 0 Å². The maximum absolute atomic E-state index is 12.6. The van der Waals surface area contributed by atoms with Crippen LogP contribution in [-0.2, 0) is 4.79 Å². The fourth-order valence-electron chi connectivity index (χ4n) is 2.64. The summed E-state index contributed by atoms with van der Waals surface area (Å²) in [4.78, 5) is 28.1. The molecule has 0 saturated heterocycles. The SMILES string of the molecule is CC(=O)NC1CC(c2ccncc2)Oc2ccccc2C1=O. The molecule has 0 fully saturated rings. The molecule has 1 aliphatic rings. The smallest absolute Gasteiger partial charge is 0.217 e. The normalized spacial score (nSPS) is 20.5. The Morgan fingerprint density at radius 3 is 2.68 bits per heavy atom. The summed E-state index contributed by atoms with van der Waals surface area (Å²) in [6.07, 6.45) is 3.44. The second kappa shape index (κ2) is 5.97. The number of Topliss-reactive ketones (excluding diaryl/α,β-unsaturated/α-hetero) is 1. The summed E-state index contributed by atoms with van der Waals surface area (Å²) < 4.78 is 6.03. The minimum Gasteiger partial charge on any atom is -0.485 e. The number of pyridine rings is 1. The van der Waals surface area contributed by atoms with Gasteiger partial charge in [0.15, 0.2) is 5.78 Å². The van der Waals surface area contributed by atoms with Crippen LogP contribution in [0.4, 0.5) is 0 Å². The number of para-hydroxylation sites is 1. The van der Waals surface area contributed by atoms with Crippen molar-refractivity contribution in [2.75, 3.05) is 0 Å². The third-order valence-electron chi connectivity index (χ3n) is 3.64. The van der Waals surface area contributed by atoms with E-state index < -0.39 is 6.04 Å². The van der Waals surface area contributed by atoms with Crippen LogP contribution in [0.1, 0.15) is 35.4 Å². The molecule has 0 saturated carbocycles. The molecule has 5 nitrogen and oxygen atoms in total. The molecule has 2 heterocycles. The molecule has 3 rings (SSSR count). The maximum atomic E-state index is 12.6. The number of ether oxygens (including phenoxy) is 1. The Kier molecular flexibility index (Phi) is 3.87. The predicted molar refractivity (Wildman–Crippen MR) is 80.6 cm³/mol. The number of nitrogens with zero attached hydrogens (tertiary/aromatic N) is 1. The van der Waals surface area contributed by atoms with E-state index in [1.807, 2.05) is 18.2 Å². The van der Waals surface area contributed by atoms with Gasteiger partial charge in [0.05, 0.1) is 11.6 Å². The largest absolute Gasteiger partial charge is 0.485 e. The van der Waals surface area contributed by atoms with Gasteiger partial charge >= 0.3 is 0 Å². The zero-order valence-electron chi connectivity index (χ0n) is 12.2. The first kappa shape index (κ1) is 14.3. The highest BCUT2D eigenvalue weighted by molar-refractivity contribution is 6.04. The molecule has 0 bridgehead atoms. The Morgan fingerprint density at radius 2 is 1.95 bits per heavy atom. The minimum absolute atomic E-state index is 0.123. The van der Waals surface area contributed by atoms with Crippen LogP contribution in [0.2, 0.25) is 0 Å². The van der Waals surface area contributed by atoms with E-state index in [-0.39, 0.29) is 17.8 Å². The summed E-state index contributed by atoms with van der Waals surface area (Å²) in [5, 5.41) is 2.73. The number of carbonyl (C=O) groups is 2. The molecule has 2 atom stereocenters. The Bertz CT molecular complexity index is 700. The van der Waals surface area contributed by atoms with Crippen molar-refractivity contribution < 1.29 is 14.3 Å². The number of hydrogen-bond donors (Lipinski definition) is 1. The number of rotatable bonds is 2. The lowest BCUT2D eigenvalue weighted by molar-refractivity contribution is -0.119. The number of carbonyl (C=O) groups excluding carboxylic acids is 2. The van der Waals surface area contributed by atoms with Gasteiger partial charge < -0.3 is 10.1 Å². The lowest BCUT2D eigenvalue weighted by Gasteiger charge is -2.20. The van der Waals surface area contributed by atoms with Crippen LogP contribution in [0.3, 0.4) is 0 Å². The highest BCUT2D eigenvalue weighted by atomic mass is 16.5. The first-order valence-electron chi connectivity index (χ1n) is 7.12. The van der Waals surface area contributed by atoms with E-state index in [2.05, 4.69) is 10.3 Å². The molecule has 2 unspecified atom stereocenters. The summed E-state index contributed by atoms with van der Waals surface area (Å²) in [7, 11) is 0. The first-order valence-corrected chi connectivity index (χ1v) is 7.12. The molecular weight excluding hydrogens is 280 g/mol. The number of benzene rings is 1. The molecule has 0 aliphatic carbocycles. The number of hydrogen-bond acceptors (Lipinski definition) is 4. The number of amides is 1. The Morgan fingerprint density at radius 1 is 1.23 bits per heavy atom. The van der Waals surface area contributed by atoms with Crippen LogP contribution in [0.15, 0.2) is 48.8 Å². The molecule has 1 aromatic carbocycles. The van der Waals surface area contributed by atoms with Crippen molar-refractivity contribution in [2.24, 2.45) is 0 Å². The molecule has 2 aromatic rings. The van der Waals surface area contributed by atoms with Crippen molar-refractivity contribution in [2.45, 2.75) is 25.5 Å². The highest BCUT2D eigenvalue weighted by Gasteiger charge is 2.32. The first-order chi connectivity index (χ1) is 10.6. The monoisotopic (exact) mass is 296 g/mol. The molecule has 1 aromatic heterocycles. The van der Waals surface area contributed by atoms with Crippen LogP contribution in [0.5, 0.6) is 5.75 Å². The van der Waals surface area contributed by atoms with Gasteiger partial charge in [-0.05, 0) is 29.8 Å². The van der Waals surface area contributed by atoms with Gasteiger partial charge in [0.25, 0.3) is 0 Å². The van der Waals surface area contributed by atoms with E-state index in [4.69, 9.17) is 4.74 Å².